The van der Waals surface area contributed by atoms with Crippen molar-refractivity contribution in [1.29, 1.82) is 0 Å². The zero-order valence-corrected chi connectivity index (χ0v) is 14.4. The molecule has 1 aliphatic rings. The van der Waals surface area contributed by atoms with E-state index in [1.54, 1.807) is 48.5 Å². The molecule has 0 spiro atoms. The standard InChI is InChI=1S/C18H12N4O3S/c1-21-14-9-5-3-7-12(14)16-15(26(21,24)25)10-19-18-20-13-8-4-2-6-11(13)17(23)22(16)18/h2-10H,1H3. The lowest BCUT2D eigenvalue weighted by Gasteiger charge is -2.29. The van der Waals surface area contributed by atoms with Crippen LogP contribution in [0.2, 0.25) is 0 Å². The largest absolute Gasteiger partial charge is 0.269 e. The molecule has 3 heterocycles. The van der Waals surface area contributed by atoms with Gasteiger partial charge in [0.1, 0.15) is 4.90 Å². The Morgan fingerprint density at radius 3 is 2.58 bits per heavy atom. The molecule has 7 nitrogen and oxygen atoms in total. The van der Waals surface area contributed by atoms with Gasteiger partial charge in [0.05, 0.1) is 28.5 Å². The summed E-state index contributed by atoms with van der Waals surface area (Å²) in [5.41, 5.74) is 1.63. The van der Waals surface area contributed by atoms with Crippen LogP contribution in [0.4, 0.5) is 5.69 Å². The first-order valence-electron chi connectivity index (χ1n) is 7.89. The fourth-order valence-electron chi connectivity index (χ4n) is 3.36. The second-order valence-electron chi connectivity index (χ2n) is 6.03. The molecule has 0 N–H and O–H groups in total. The van der Waals surface area contributed by atoms with Crippen molar-refractivity contribution in [2.75, 3.05) is 11.4 Å². The lowest BCUT2D eigenvalue weighted by molar-refractivity contribution is 0.592. The van der Waals surface area contributed by atoms with Gasteiger partial charge >= 0.3 is 0 Å². The van der Waals surface area contributed by atoms with Crippen molar-refractivity contribution in [2.45, 2.75) is 4.90 Å². The Morgan fingerprint density at radius 2 is 1.73 bits per heavy atom. The van der Waals surface area contributed by atoms with Crippen molar-refractivity contribution in [3.05, 3.63) is 65.1 Å². The highest BCUT2D eigenvalue weighted by Gasteiger charge is 2.35. The molecule has 0 saturated heterocycles. The van der Waals surface area contributed by atoms with E-state index in [-0.39, 0.29) is 16.2 Å². The number of hydrogen-bond donors (Lipinski definition) is 0. The van der Waals surface area contributed by atoms with Crippen LogP contribution < -0.4 is 9.86 Å². The SMILES string of the molecule is CN1c2ccccc2-c2c(cnc3nc4ccccc4c(=O)n23)S1(=O)=O. The third-order valence-electron chi connectivity index (χ3n) is 4.65. The van der Waals surface area contributed by atoms with Gasteiger partial charge in [0.25, 0.3) is 15.6 Å². The molecule has 0 fully saturated rings. The average molecular weight is 364 g/mol. The van der Waals surface area contributed by atoms with Gasteiger partial charge in [0.15, 0.2) is 0 Å². The normalized spacial score (nSPS) is 15.0. The van der Waals surface area contributed by atoms with Crippen LogP contribution in [0.25, 0.3) is 27.9 Å². The highest BCUT2D eigenvalue weighted by Crippen LogP contribution is 2.41. The monoisotopic (exact) mass is 364 g/mol. The molecule has 5 rings (SSSR count). The second kappa shape index (κ2) is 4.89. The summed E-state index contributed by atoms with van der Waals surface area (Å²) in [4.78, 5) is 21.7. The minimum absolute atomic E-state index is 0.00891. The molecule has 0 bridgehead atoms. The molecule has 8 heteroatoms. The Hall–Kier alpha value is -3.26. The maximum Gasteiger partial charge on any atom is 0.267 e. The quantitative estimate of drug-likeness (QED) is 0.446. The van der Waals surface area contributed by atoms with Crippen LogP contribution in [-0.4, -0.2) is 29.8 Å². The first-order valence-corrected chi connectivity index (χ1v) is 9.33. The minimum Gasteiger partial charge on any atom is -0.269 e. The molecule has 0 atom stereocenters. The van der Waals surface area contributed by atoms with E-state index in [1.807, 2.05) is 0 Å². The summed E-state index contributed by atoms with van der Waals surface area (Å²) in [7, 11) is -2.32. The molecule has 0 amide bonds. The molecular formula is C18H12N4O3S. The van der Waals surface area contributed by atoms with Gasteiger partial charge < -0.3 is 0 Å². The third-order valence-corrected chi connectivity index (χ3v) is 6.42. The van der Waals surface area contributed by atoms with Crippen LogP contribution >= 0.6 is 0 Å². The number of para-hydroxylation sites is 2. The van der Waals surface area contributed by atoms with Gasteiger partial charge in [-0.3, -0.25) is 9.10 Å². The van der Waals surface area contributed by atoms with Crippen LogP contribution in [0, 0.1) is 0 Å². The number of sulfonamides is 1. The Bertz CT molecular complexity index is 1390. The van der Waals surface area contributed by atoms with Gasteiger partial charge in [-0.05, 0) is 18.2 Å². The van der Waals surface area contributed by atoms with Crippen molar-refractivity contribution in [2.24, 2.45) is 0 Å². The molecule has 0 radical (unpaired) electrons. The zero-order chi connectivity index (χ0) is 18.1. The Kier molecular flexibility index (Phi) is 2.83. The third kappa shape index (κ3) is 1.76. The Labute approximate surface area is 148 Å². The van der Waals surface area contributed by atoms with Gasteiger partial charge in [-0.15, -0.1) is 0 Å². The number of rotatable bonds is 0. The van der Waals surface area contributed by atoms with Crippen LogP contribution in [0.1, 0.15) is 0 Å². The van der Waals surface area contributed by atoms with Gasteiger partial charge in [0.2, 0.25) is 5.78 Å². The summed E-state index contributed by atoms with van der Waals surface area (Å²) in [5.74, 6) is 0.169. The molecule has 0 unspecified atom stereocenters. The minimum atomic E-state index is -3.81. The Morgan fingerprint density at radius 1 is 1.00 bits per heavy atom. The smallest absolute Gasteiger partial charge is 0.267 e. The summed E-state index contributed by atoms with van der Waals surface area (Å²) in [5, 5.41) is 0.411. The summed E-state index contributed by atoms with van der Waals surface area (Å²) in [6, 6.07) is 14.0. The number of anilines is 1. The average Bonchev–Trinajstić information content (AvgIpc) is 2.66. The molecule has 2 aromatic carbocycles. The van der Waals surface area contributed by atoms with E-state index in [0.717, 1.165) is 0 Å². The zero-order valence-electron chi connectivity index (χ0n) is 13.6. The molecule has 128 valence electrons. The van der Waals surface area contributed by atoms with Crippen molar-refractivity contribution in [1.82, 2.24) is 14.4 Å². The summed E-state index contributed by atoms with van der Waals surface area (Å²) < 4.78 is 28.4. The van der Waals surface area contributed by atoms with Crippen LogP contribution in [0.3, 0.4) is 0 Å². The maximum absolute atomic E-state index is 13.1. The topological polar surface area (TPSA) is 84.6 Å². The van der Waals surface area contributed by atoms with Crippen LogP contribution in [-0.2, 0) is 10.0 Å². The molecule has 2 aromatic heterocycles. The van der Waals surface area contributed by atoms with E-state index >= 15 is 0 Å². The van der Waals surface area contributed by atoms with Crippen LogP contribution in [0.15, 0.2) is 64.4 Å². The van der Waals surface area contributed by atoms with E-state index in [2.05, 4.69) is 9.97 Å². The summed E-state index contributed by atoms with van der Waals surface area (Å²) in [6.07, 6.45) is 1.27. The summed E-state index contributed by atoms with van der Waals surface area (Å²) >= 11 is 0. The molecule has 0 aliphatic carbocycles. The number of hydrogen-bond acceptors (Lipinski definition) is 5. The molecule has 26 heavy (non-hydrogen) atoms. The van der Waals surface area contributed by atoms with E-state index in [0.29, 0.717) is 27.8 Å². The number of nitrogens with zero attached hydrogens (tertiary/aromatic N) is 4. The first kappa shape index (κ1) is 15.0. The van der Waals surface area contributed by atoms with Gasteiger partial charge in [-0.2, -0.15) is 0 Å². The van der Waals surface area contributed by atoms with Crippen molar-refractivity contribution in [3.8, 4) is 11.3 Å². The summed E-state index contributed by atoms with van der Waals surface area (Å²) in [6.45, 7) is 0. The predicted octanol–water partition coefficient (Wildman–Crippen LogP) is 2.05. The van der Waals surface area contributed by atoms with E-state index in [1.165, 1.54) is 22.0 Å². The lowest BCUT2D eigenvalue weighted by atomic mass is 10.1. The fraction of sp³-hybridized carbons (Fsp3) is 0.0556. The fourth-order valence-corrected chi connectivity index (χ4v) is 4.71. The van der Waals surface area contributed by atoms with E-state index in [9.17, 15) is 13.2 Å². The number of fused-ring (bicyclic) bond motifs is 6. The highest BCUT2D eigenvalue weighted by atomic mass is 32.2. The molecule has 1 aliphatic heterocycles. The van der Waals surface area contributed by atoms with Crippen LogP contribution in [0.5, 0.6) is 0 Å². The number of benzene rings is 2. The number of aromatic nitrogens is 3. The Balaban J connectivity index is 2.08. The predicted molar refractivity (Wildman–Crippen MR) is 97.8 cm³/mol. The van der Waals surface area contributed by atoms with Gasteiger partial charge in [0, 0.05) is 12.6 Å². The highest BCUT2D eigenvalue weighted by molar-refractivity contribution is 7.93. The van der Waals surface area contributed by atoms with Gasteiger partial charge in [-0.1, -0.05) is 30.3 Å². The maximum atomic E-state index is 13.1. The van der Waals surface area contributed by atoms with Crippen molar-refractivity contribution >= 4 is 32.4 Å². The van der Waals surface area contributed by atoms with E-state index in [4.69, 9.17) is 0 Å². The lowest BCUT2D eigenvalue weighted by Crippen LogP contribution is -2.33. The van der Waals surface area contributed by atoms with Gasteiger partial charge in [-0.25, -0.2) is 22.8 Å². The molecular weight excluding hydrogens is 352 g/mol. The van der Waals surface area contributed by atoms with Crippen molar-refractivity contribution in [3.63, 3.8) is 0 Å². The van der Waals surface area contributed by atoms with Crippen molar-refractivity contribution < 1.29 is 8.42 Å². The molecule has 4 aromatic rings. The molecule has 0 saturated carbocycles. The first-order chi connectivity index (χ1) is 12.5. The second-order valence-corrected chi connectivity index (χ2v) is 7.97. The van der Waals surface area contributed by atoms with E-state index < -0.39 is 10.0 Å².